The largest absolute Gasteiger partial charge is 0.493 e. The molecule has 0 saturated carbocycles. The highest BCUT2D eigenvalue weighted by Gasteiger charge is 2.15. The van der Waals surface area contributed by atoms with E-state index in [1.807, 2.05) is 0 Å². The van der Waals surface area contributed by atoms with E-state index in [-0.39, 0.29) is 34.8 Å². The lowest BCUT2D eigenvalue weighted by molar-refractivity contribution is -0.132. The molecule has 0 N–H and O–H groups in total. The van der Waals surface area contributed by atoms with Crippen molar-refractivity contribution in [1.82, 2.24) is 0 Å². The third-order valence-electron chi connectivity index (χ3n) is 4.61. The van der Waals surface area contributed by atoms with Gasteiger partial charge in [-0.05, 0) is 69.2 Å². The molecule has 0 fully saturated rings. The van der Waals surface area contributed by atoms with Crippen molar-refractivity contribution in [1.29, 1.82) is 0 Å². The first-order valence-corrected chi connectivity index (χ1v) is 12.1. The van der Waals surface area contributed by atoms with Crippen LogP contribution in [0.2, 0.25) is 0 Å². The molecule has 0 aliphatic carbocycles. The van der Waals surface area contributed by atoms with Crippen LogP contribution in [0.5, 0.6) is 28.7 Å². The van der Waals surface area contributed by atoms with Crippen LogP contribution < -0.4 is 23.7 Å². The number of hydrogen-bond acceptors (Lipinski definition) is 9. The fraction of sp³-hybridized carbons (Fsp3) is 0.188. The maximum Gasteiger partial charge on any atom is 0.338 e. The first kappa shape index (κ1) is 33.8. The predicted octanol–water partition coefficient (Wildman–Crippen LogP) is 5.99. The number of methoxy groups -OCH3 is 1. The topological polar surface area (TPSA) is 114 Å². The fourth-order valence-corrected chi connectivity index (χ4v) is 2.51. The first-order chi connectivity index (χ1) is 19.3. The molecule has 0 radical (unpaired) electrons. The molecule has 0 spiro atoms. The Hall–Kier alpha value is -5.18. The molecule has 2 aromatic rings. The SMILES string of the molecule is C=C(C)C(=O)Oc1ccc(OC/C=C\c2ccc(OC(=O)C(=C)C)c(OC(=O)C(=C)C)c2)c(OC)c1.C=C(C)C=O. The lowest BCUT2D eigenvalue weighted by Gasteiger charge is -2.12. The number of rotatable bonds is 12. The number of aldehydes is 1. The van der Waals surface area contributed by atoms with Crippen LogP contribution in [0.4, 0.5) is 0 Å². The summed E-state index contributed by atoms with van der Waals surface area (Å²) in [6.07, 6.45) is 4.19. The quantitative estimate of drug-likeness (QED) is 0.133. The van der Waals surface area contributed by atoms with Crippen molar-refractivity contribution >= 4 is 30.3 Å². The van der Waals surface area contributed by atoms with Gasteiger partial charge in [-0.15, -0.1) is 0 Å². The summed E-state index contributed by atoms with van der Waals surface area (Å²) in [5.41, 5.74) is 1.90. The molecule has 0 aromatic heterocycles. The summed E-state index contributed by atoms with van der Waals surface area (Å²) in [5.74, 6) is -0.589. The van der Waals surface area contributed by atoms with Crippen molar-refractivity contribution in [3.63, 3.8) is 0 Å². The standard InChI is InChI=1S/C28H28O8.C4H6O/c1-17(2)26(29)34-21-11-13-22(24(16-21)32-7)33-14-8-9-20-10-12-23(35-27(30)18(3)4)25(15-20)36-28(31)19(5)6;1-4(2)3-5/h8-13,15-16H,1,3,5,14H2,2,4,6-7H3;3H,1H2,2H3/b9-8-;. The number of carbonyl (C=O) groups excluding carboxylic acids is 4. The molecular formula is C32H34O9. The third-order valence-corrected chi connectivity index (χ3v) is 4.61. The highest BCUT2D eigenvalue weighted by Crippen LogP contribution is 2.32. The zero-order valence-electron chi connectivity index (χ0n) is 23.9. The van der Waals surface area contributed by atoms with E-state index in [1.54, 1.807) is 50.3 Å². The number of allylic oxidation sites excluding steroid dienone is 1. The molecule has 0 bridgehead atoms. The Bertz CT molecular complexity index is 1380. The van der Waals surface area contributed by atoms with Crippen LogP contribution in [0.25, 0.3) is 6.08 Å². The molecule has 9 nitrogen and oxygen atoms in total. The molecule has 2 rings (SSSR count). The van der Waals surface area contributed by atoms with E-state index in [0.717, 1.165) is 6.29 Å². The van der Waals surface area contributed by atoms with Gasteiger partial charge in [0.05, 0.1) is 7.11 Å². The minimum absolute atomic E-state index is 0.0576. The average molecular weight is 563 g/mol. The van der Waals surface area contributed by atoms with Gasteiger partial charge in [-0.25, -0.2) is 14.4 Å². The van der Waals surface area contributed by atoms with Gasteiger partial charge in [-0.3, -0.25) is 4.79 Å². The van der Waals surface area contributed by atoms with Gasteiger partial charge >= 0.3 is 17.9 Å². The Labute approximate surface area is 240 Å². The summed E-state index contributed by atoms with van der Waals surface area (Å²) in [4.78, 5) is 45.1. The lowest BCUT2D eigenvalue weighted by atomic mass is 10.2. The number of esters is 3. The van der Waals surface area contributed by atoms with Crippen LogP contribution in [0.15, 0.2) is 91.1 Å². The van der Waals surface area contributed by atoms with Crippen LogP contribution in [0, 0.1) is 0 Å². The zero-order chi connectivity index (χ0) is 31.1. The molecule has 216 valence electrons. The van der Waals surface area contributed by atoms with E-state index >= 15 is 0 Å². The number of hydrogen-bond donors (Lipinski definition) is 0. The number of carbonyl (C=O) groups is 4. The molecule has 41 heavy (non-hydrogen) atoms. The van der Waals surface area contributed by atoms with Crippen molar-refractivity contribution in [2.45, 2.75) is 27.7 Å². The summed E-state index contributed by atoms with van der Waals surface area (Å²) < 4.78 is 26.8. The van der Waals surface area contributed by atoms with Gasteiger partial charge < -0.3 is 23.7 Å². The first-order valence-electron chi connectivity index (χ1n) is 12.1. The monoisotopic (exact) mass is 562 g/mol. The zero-order valence-corrected chi connectivity index (χ0v) is 23.9. The van der Waals surface area contributed by atoms with Crippen LogP contribution in [0.1, 0.15) is 33.3 Å². The van der Waals surface area contributed by atoms with Gasteiger partial charge in [0.15, 0.2) is 23.0 Å². The van der Waals surface area contributed by atoms with E-state index in [1.165, 1.54) is 33.1 Å². The van der Waals surface area contributed by atoms with Crippen molar-refractivity contribution in [2.75, 3.05) is 13.7 Å². The Balaban J connectivity index is 0.00000154. The minimum Gasteiger partial charge on any atom is -0.493 e. The lowest BCUT2D eigenvalue weighted by Crippen LogP contribution is -2.12. The van der Waals surface area contributed by atoms with Gasteiger partial charge in [-0.2, -0.15) is 0 Å². The molecular weight excluding hydrogens is 528 g/mol. The molecule has 0 atom stereocenters. The highest BCUT2D eigenvalue weighted by atomic mass is 16.6. The Morgan fingerprint density at radius 3 is 1.73 bits per heavy atom. The minimum atomic E-state index is -0.656. The smallest absolute Gasteiger partial charge is 0.338 e. The summed E-state index contributed by atoms with van der Waals surface area (Å²) in [6, 6.07) is 9.47. The average Bonchev–Trinajstić information content (AvgIpc) is 2.92. The molecule has 9 heteroatoms. The molecule has 0 amide bonds. The number of benzene rings is 2. The third kappa shape index (κ3) is 12.0. The molecule has 0 saturated heterocycles. The van der Waals surface area contributed by atoms with Gasteiger partial charge in [0.1, 0.15) is 18.6 Å². The molecule has 0 aliphatic heterocycles. The number of ether oxygens (including phenoxy) is 5. The molecule has 0 aliphatic rings. The second-order valence-electron chi connectivity index (χ2n) is 8.71. The molecule has 2 aromatic carbocycles. The van der Waals surface area contributed by atoms with Crippen molar-refractivity contribution in [3.05, 3.63) is 96.6 Å². The van der Waals surface area contributed by atoms with Crippen molar-refractivity contribution in [3.8, 4) is 28.7 Å². The maximum absolute atomic E-state index is 12.0. The normalized spacial score (nSPS) is 9.88. The van der Waals surface area contributed by atoms with Crippen molar-refractivity contribution < 1.29 is 42.9 Å². The van der Waals surface area contributed by atoms with E-state index < -0.39 is 17.9 Å². The van der Waals surface area contributed by atoms with E-state index in [0.29, 0.717) is 28.4 Å². The fourth-order valence-electron chi connectivity index (χ4n) is 2.51. The molecule has 0 unspecified atom stereocenters. The maximum atomic E-state index is 12.0. The molecule has 0 heterocycles. The van der Waals surface area contributed by atoms with Gasteiger partial charge in [-0.1, -0.05) is 38.5 Å². The van der Waals surface area contributed by atoms with E-state index in [9.17, 15) is 19.2 Å². The van der Waals surface area contributed by atoms with Crippen molar-refractivity contribution in [2.24, 2.45) is 0 Å². The second-order valence-corrected chi connectivity index (χ2v) is 8.71. The summed E-state index contributed by atoms with van der Waals surface area (Å²) in [7, 11) is 1.47. The Morgan fingerprint density at radius 1 is 0.707 bits per heavy atom. The van der Waals surface area contributed by atoms with Crippen LogP contribution in [-0.4, -0.2) is 37.9 Å². The summed E-state index contributed by atoms with van der Waals surface area (Å²) >= 11 is 0. The highest BCUT2D eigenvalue weighted by molar-refractivity contribution is 5.91. The second kappa shape index (κ2) is 16.7. The van der Waals surface area contributed by atoms with Crippen LogP contribution >= 0.6 is 0 Å². The summed E-state index contributed by atoms with van der Waals surface area (Å²) in [5, 5.41) is 0. The van der Waals surface area contributed by atoms with E-state index in [4.69, 9.17) is 23.7 Å². The van der Waals surface area contributed by atoms with Crippen LogP contribution in [0.3, 0.4) is 0 Å². The van der Waals surface area contributed by atoms with Gasteiger partial charge in [0.25, 0.3) is 0 Å². The van der Waals surface area contributed by atoms with Crippen LogP contribution in [-0.2, 0) is 19.2 Å². The van der Waals surface area contributed by atoms with Gasteiger partial charge in [0, 0.05) is 22.8 Å². The Morgan fingerprint density at radius 2 is 1.22 bits per heavy atom. The van der Waals surface area contributed by atoms with Gasteiger partial charge in [0.2, 0.25) is 0 Å². The Kier molecular flexibility index (Phi) is 13.8. The predicted molar refractivity (Wildman–Crippen MR) is 156 cm³/mol. The summed E-state index contributed by atoms with van der Waals surface area (Å²) in [6.45, 7) is 20.4. The van der Waals surface area contributed by atoms with E-state index in [2.05, 4.69) is 26.3 Å².